The van der Waals surface area contributed by atoms with Crippen LogP contribution in [-0.4, -0.2) is 48.8 Å². The van der Waals surface area contributed by atoms with Crippen molar-refractivity contribution in [3.63, 3.8) is 0 Å². The van der Waals surface area contributed by atoms with Gasteiger partial charge in [0.15, 0.2) is 0 Å². The summed E-state index contributed by atoms with van der Waals surface area (Å²) in [5.74, 6) is 0.138. The first-order valence-electron chi connectivity index (χ1n) is 7.55. The van der Waals surface area contributed by atoms with Gasteiger partial charge in [-0.1, -0.05) is 6.92 Å². The van der Waals surface area contributed by atoms with Gasteiger partial charge in [-0.15, -0.1) is 0 Å². The largest absolute Gasteiger partial charge is 0.481 e. The molecule has 1 atom stereocenters. The average Bonchev–Trinajstić information content (AvgIpc) is 2.40. The first-order chi connectivity index (χ1) is 9.03. The van der Waals surface area contributed by atoms with E-state index < -0.39 is 11.4 Å². The van der Waals surface area contributed by atoms with Crippen molar-refractivity contribution < 1.29 is 14.6 Å². The number of ether oxygens (including phenoxy) is 1. The lowest BCUT2D eigenvalue weighted by atomic mass is 9.80. The monoisotopic (exact) mass is 269 g/mol. The molecular weight excluding hydrogens is 242 g/mol. The third-order valence-corrected chi connectivity index (χ3v) is 4.94. The molecule has 2 rings (SSSR count). The zero-order valence-electron chi connectivity index (χ0n) is 12.2. The standard InChI is InChI=1S/C15H27NO3/c1-12-4-6-13(7-5-12)16(2)10-15(14(17)18)8-3-9-19-11-15/h12-13H,3-11H2,1-2H3,(H,17,18). The number of nitrogens with zero attached hydrogens (tertiary/aromatic N) is 1. The third-order valence-electron chi connectivity index (χ3n) is 4.94. The van der Waals surface area contributed by atoms with Crippen molar-refractivity contribution in [2.45, 2.75) is 51.5 Å². The van der Waals surface area contributed by atoms with Gasteiger partial charge in [-0.25, -0.2) is 0 Å². The van der Waals surface area contributed by atoms with E-state index in [4.69, 9.17) is 4.74 Å². The molecule has 4 heteroatoms. The summed E-state index contributed by atoms with van der Waals surface area (Å²) in [5.41, 5.74) is -0.684. The number of carboxylic acid groups (broad SMARTS) is 1. The zero-order chi connectivity index (χ0) is 13.9. The van der Waals surface area contributed by atoms with E-state index in [9.17, 15) is 9.90 Å². The fraction of sp³-hybridized carbons (Fsp3) is 0.933. The Balaban J connectivity index is 1.95. The van der Waals surface area contributed by atoms with Crippen LogP contribution in [-0.2, 0) is 9.53 Å². The second kappa shape index (κ2) is 6.23. The maximum absolute atomic E-state index is 11.6. The van der Waals surface area contributed by atoms with Crippen molar-refractivity contribution in [1.29, 1.82) is 0 Å². The Labute approximate surface area is 116 Å². The Morgan fingerprint density at radius 2 is 2.05 bits per heavy atom. The normalized spacial score (nSPS) is 36.4. The Morgan fingerprint density at radius 3 is 2.58 bits per heavy atom. The summed E-state index contributed by atoms with van der Waals surface area (Å²) in [6.45, 7) is 4.01. The number of carbonyl (C=O) groups is 1. The second-order valence-corrected chi connectivity index (χ2v) is 6.57. The van der Waals surface area contributed by atoms with Crippen molar-refractivity contribution in [3.8, 4) is 0 Å². The molecule has 1 unspecified atom stereocenters. The van der Waals surface area contributed by atoms with Gasteiger partial charge in [0.1, 0.15) is 5.41 Å². The van der Waals surface area contributed by atoms with Crippen LogP contribution < -0.4 is 0 Å². The number of rotatable bonds is 4. The molecule has 0 amide bonds. The van der Waals surface area contributed by atoms with Crippen LogP contribution in [0.5, 0.6) is 0 Å². The summed E-state index contributed by atoms with van der Waals surface area (Å²) in [6.07, 6.45) is 6.55. The number of hydrogen-bond acceptors (Lipinski definition) is 3. The highest BCUT2D eigenvalue weighted by Crippen LogP contribution is 2.33. The quantitative estimate of drug-likeness (QED) is 0.851. The predicted molar refractivity (Wildman–Crippen MR) is 74.2 cm³/mol. The predicted octanol–water partition coefficient (Wildman–Crippen LogP) is 2.38. The summed E-state index contributed by atoms with van der Waals surface area (Å²) in [7, 11) is 2.08. The van der Waals surface area contributed by atoms with E-state index in [0.717, 1.165) is 18.8 Å². The maximum atomic E-state index is 11.6. The fourth-order valence-corrected chi connectivity index (χ4v) is 3.50. The van der Waals surface area contributed by atoms with E-state index in [1.807, 2.05) is 0 Å². The SMILES string of the molecule is CC1CCC(N(C)CC2(C(=O)O)CCCOC2)CC1. The van der Waals surface area contributed by atoms with Gasteiger partial charge in [-0.3, -0.25) is 4.79 Å². The van der Waals surface area contributed by atoms with Gasteiger partial charge in [-0.05, 0) is 51.5 Å². The van der Waals surface area contributed by atoms with Crippen LogP contribution in [0.25, 0.3) is 0 Å². The first-order valence-corrected chi connectivity index (χ1v) is 7.55. The third kappa shape index (κ3) is 3.48. The van der Waals surface area contributed by atoms with Crippen LogP contribution >= 0.6 is 0 Å². The highest BCUT2D eigenvalue weighted by Gasteiger charge is 2.42. The summed E-state index contributed by atoms with van der Waals surface area (Å²) in [5, 5.41) is 9.57. The molecule has 0 spiro atoms. The molecule has 1 aliphatic heterocycles. The van der Waals surface area contributed by atoms with Gasteiger partial charge in [0.05, 0.1) is 6.61 Å². The molecule has 0 bridgehead atoms. The van der Waals surface area contributed by atoms with Gasteiger partial charge >= 0.3 is 5.97 Å². The van der Waals surface area contributed by atoms with Crippen LogP contribution in [0, 0.1) is 11.3 Å². The molecule has 19 heavy (non-hydrogen) atoms. The van der Waals surface area contributed by atoms with Gasteiger partial charge in [0.25, 0.3) is 0 Å². The lowest BCUT2D eigenvalue weighted by molar-refractivity contribution is -0.159. The maximum Gasteiger partial charge on any atom is 0.313 e. The van der Waals surface area contributed by atoms with E-state index in [1.165, 1.54) is 25.7 Å². The highest BCUT2D eigenvalue weighted by molar-refractivity contribution is 5.75. The summed E-state index contributed by atoms with van der Waals surface area (Å²) in [6, 6.07) is 0.550. The van der Waals surface area contributed by atoms with Crippen LogP contribution in [0.2, 0.25) is 0 Å². The van der Waals surface area contributed by atoms with Crippen molar-refractivity contribution in [1.82, 2.24) is 4.90 Å². The Bertz CT molecular complexity index is 305. The topological polar surface area (TPSA) is 49.8 Å². The fourth-order valence-electron chi connectivity index (χ4n) is 3.50. The Morgan fingerprint density at radius 1 is 1.37 bits per heavy atom. The molecule has 0 aromatic carbocycles. The smallest absolute Gasteiger partial charge is 0.313 e. The van der Waals surface area contributed by atoms with E-state index in [2.05, 4.69) is 18.9 Å². The van der Waals surface area contributed by atoms with E-state index in [1.54, 1.807) is 0 Å². The molecule has 1 aliphatic carbocycles. The molecule has 1 heterocycles. The van der Waals surface area contributed by atoms with Crippen molar-refractivity contribution in [2.75, 3.05) is 26.8 Å². The van der Waals surface area contributed by atoms with Crippen molar-refractivity contribution in [2.24, 2.45) is 11.3 Å². The second-order valence-electron chi connectivity index (χ2n) is 6.57. The summed E-state index contributed by atoms with van der Waals surface area (Å²) >= 11 is 0. The molecule has 1 saturated carbocycles. The van der Waals surface area contributed by atoms with Crippen LogP contribution in [0.1, 0.15) is 45.4 Å². The van der Waals surface area contributed by atoms with Gasteiger partial charge < -0.3 is 14.7 Å². The number of hydrogen-bond donors (Lipinski definition) is 1. The lowest BCUT2D eigenvalue weighted by Crippen LogP contribution is -2.50. The molecule has 1 saturated heterocycles. The number of aliphatic carboxylic acids is 1. The highest BCUT2D eigenvalue weighted by atomic mass is 16.5. The summed E-state index contributed by atoms with van der Waals surface area (Å²) < 4.78 is 5.44. The molecule has 4 nitrogen and oxygen atoms in total. The van der Waals surface area contributed by atoms with E-state index >= 15 is 0 Å². The minimum Gasteiger partial charge on any atom is -0.481 e. The van der Waals surface area contributed by atoms with Gasteiger partial charge in [0.2, 0.25) is 0 Å². The minimum atomic E-state index is -0.691. The van der Waals surface area contributed by atoms with Crippen LogP contribution in [0.4, 0.5) is 0 Å². The Hall–Kier alpha value is -0.610. The molecular formula is C15H27NO3. The van der Waals surface area contributed by atoms with E-state index in [0.29, 0.717) is 25.8 Å². The van der Waals surface area contributed by atoms with Crippen LogP contribution in [0.3, 0.4) is 0 Å². The summed E-state index contributed by atoms with van der Waals surface area (Å²) in [4.78, 5) is 13.9. The minimum absolute atomic E-state index is 0.371. The zero-order valence-corrected chi connectivity index (χ0v) is 12.2. The van der Waals surface area contributed by atoms with E-state index in [-0.39, 0.29) is 0 Å². The molecule has 110 valence electrons. The molecule has 0 aromatic heterocycles. The van der Waals surface area contributed by atoms with Crippen LogP contribution in [0.15, 0.2) is 0 Å². The molecule has 2 fully saturated rings. The van der Waals surface area contributed by atoms with Crippen molar-refractivity contribution >= 4 is 5.97 Å². The molecule has 0 radical (unpaired) electrons. The molecule has 0 aromatic rings. The lowest BCUT2D eigenvalue weighted by Gasteiger charge is -2.40. The van der Waals surface area contributed by atoms with Gasteiger partial charge in [0, 0.05) is 19.2 Å². The molecule has 1 N–H and O–H groups in total. The molecule has 2 aliphatic rings. The Kier molecular flexibility index (Phi) is 4.85. The van der Waals surface area contributed by atoms with Crippen molar-refractivity contribution in [3.05, 3.63) is 0 Å². The number of carboxylic acids is 1. The van der Waals surface area contributed by atoms with Gasteiger partial charge in [-0.2, -0.15) is 0 Å². The average molecular weight is 269 g/mol. The first kappa shape index (κ1) is 14.8.